The van der Waals surface area contributed by atoms with E-state index in [1.54, 1.807) is 36.4 Å². The predicted octanol–water partition coefficient (Wildman–Crippen LogP) is 12.1. The second-order valence-electron chi connectivity index (χ2n) is 13.4. The lowest BCUT2D eigenvalue weighted by atomic mass is 9.93. The molecule has 0 saturated heterocycles. The molecule has 57 heavy (non-hydrogen) atoms. The van der Waals surface area contributed by atoms with Crippen LogP contribution in [-0.4, -0.2) is 19.5 Å². The first-order valence-corrected chi connectivity index (χ1v) is 18.0. The summed E-state index contributed by atoms with van der Waals surface area (Å²) in [6.07, 6.45) is -4.66. The zero-order valence-electron chi connectivity index (χ0n) is 29.9. The standard InChI is InChI=1S/C48H27F3N6/c49-48(50,51)42-17-9-7-15-37(42)41-27-35(21-24-40(41)47-55-45(31-11-3-1-4-12-31)54-46(56-47)32-13-5-2-6-14-32)57-43-18-10-8-16-38(43)39-23-20-33(26-44(39)57)36-22-19-30(28-52)25-34(36)29-53/h1-27H. The average molecular weight is 745 g/mol. The number of hydrogen-bond acceptors (Lipinski definition) is 5. The smallest absolute Gasteiger partial charge is 0.309 e. The molecule has 270 valence electrons. The lowest BCUT2D eigenvalue weighted by molar-refractivity contribution is -0.137. The first-order chi connectivity index (χ1) is 27.8. The molecule has 0 aliphatic rings. The summed E-state index contributed by atoms with van der Waals surface area (Å²) < 4.78 is 46.6. The second-order valence-corrected chi connectivity index (χ2v) is 13.4. The van der Waals surface area contributed by atoms with Crippen LogP contribution in [0.3, 0.4) is 0 Å². The van der Waals surface area contributed by atoms with Gasteiger partial charge in [0.05, 0.1) is 39.9 Å². The van der Waals surface area contributed by atoms with Crippen LogP contribution in [0.15, 0.2) is 164 Å². The molecule has 6 nitrogen and oxygen atoms in total. The van der Waals surface area contributed by atoms with Crippen LogP contribution in [0.25, 0.3) is 83.9 Å². The Hall–Kier alpha value is -7.88. The third-order valence-corrected chi connectivity index (χ3v) is 9.98. The van der Waals surface area contributed by atoms with E-state index in [1.807, 2.05) is 114 Å². The molecule has 9 heteroatoms. The van der Waals surface area contributed by atoms with Crippen molar-refractivity contribution in [2.45, 2.75) is 6.18 Å². The van der Waals surface area contributed by atoms with Crippen LogP contribution in [0, 0.1) is 22.7 Å². The Bertz CT molecular complexity index is 3030. The summed E-state index contributed by atoms with van der Waals surface area (Å²) in [5.41, 5.74) is 5.68. The number of benzene rings is 7. The van der Waals surface area contributed by atoms with Gasteiger partial charge in [-0.1, -0.05) is 115 Å². The quantitative estimate of drug-likeness (QED) is 0.169. The summed E-state index contributed by atoms with van der Waals surface area (Å²) in [5, 5.41) is 21.3. The number of halogens is 3. The molecule has 0 aliphatic heterocycles. The van der Waals surface area contributed by atoms with E-state index in [0.29, 0.717) is 39.6 Å². The molecule has 9 aromatic rings. The minimum absolute atomic E-state index is 0.0255. The molecule has 2 heterocycles. The second kappa shape index (κ2) is 14.1. The van der Waals surface area contributed by atoms with Crippen molar-refractivity contribution in [3.63, 3.8) is 0 Å². The number of para-hydroxylation sites is 1. The van der Waals surface area contributed by atoms with Crippen molar-refractivity contribution in [1.82, 2.24) is 19.5 Å². The minimum Gasteiger partial charge on any atom is -0.309 e. The molecular weight excluding hydrogens is 718 g/mol. The van der Waals surface area contributed by atoms with Crippen LogP contribution in [0.5, 0.6) is 0 Å². The van der Waals surface area contributed by atoms with Crippen LogP contribution in [0.4, 0.5) is 13.2 Å². The van der Waals surface area contributed by atoms with Gasteiger partial charge in [-0.25, -0.2) is 15.0 Å². The summed E-state index contributed by atoms with van der Waals surface area (Å²) in [4.78, 5) is 14.6. The van der Waals surface area contributed by atoms with Crippen LogP contribution in [-0.2, 0) is 6.18 Å². The topological polar surface area (TPSA) is 91.2 Å². The molecule has 7 aromatic carbocycles. The maximum atomic E-state index is 14.9. The third-order valence-electron chi connectivity index (χ3n) is 9.98. The van der Waals surface area contributed by atoms with Crippen molar-refractivity contribution >= 4 is 21.8 Å². The SMILES string of the molecule is N#Cc1ccc(-c2ccc3c4ccccc4n(-c4ccc(-c5nc(-c6ccccc6)nc(-c6ccccc6)n5)c(-c5ccccc5C(F)(F)F)c4)c3c2)c(C#N)c1. The van der Waals surface area contributed by atoms with Crippen molar-refractivity contribution < 1.29 is 13.2 Å². The monoisotopic (exact) mass is 744 g/mol. The molecule has 0 amide bonds. The summed E-state index contributed by atoms with van der Waals surface area (Å²) in [6.45, 7) is 0. The van der Waals surface area contributed by atoms with Crippen LogP contribution >= 0.6 is 0 Å². The average Bonchev–Trinajstić information content (AvgIpc) is 3.59. The highest BCUT2D eigenvalue weighted by atomic mass is 19.4. The Morgan fingerprint density at radius 2 is 1.07 bits per heavy atom. The molecule has 0 N–H and O–H groups in total. The summed E-state index contributed by atoms with van der Waals surface area (Å²) in [5.74, 6) is 0.983. The number of alkyl halides is 3. The van der Waals surface area contributed by atoms with Gasteiger partial charge in [-0.15, -0.1) is 0 Å². The van der Waals surface area contributed by atoms with Crippen molar-refractivity contribution in [2.24, 2.45) is 0 Å². The van der Waals surface area contributed by atoms with Gasteiger partial charge < -0.3 is 4.57 Å². The first kappa shape index (κ1) is 34.9. The fourth-order valence-electron chi connectivity index (χ4n) is 7.36. The Morgan fingerprint density at radius 3 is 1.75 bits per heavy atom. The first-order valence-electron chi connectivity index (χ1n) is 18.0. The Morgan fingerprint density at radius 1 is 0.456 bits per heavy atom. The van der Waals surface area contributed by atoms with E-state index in [9.17, 15) is 23.7 Å². The fourth-order valence-corrected chi connectivity index (χ4v) is 7.36. The zero-order valence-corrected chi connectivity index (χ0v) is 29.9. The minimum atomic E-state index is -4.66. The van der Waals surface area contributed by atoms with E-state index in [4.69, 9.17) is 15.0 Å². The molecule has 0 radical (unpaired) electrons. The predicted molar refractivity (Wildman–Crippen MR) is 216 cm³/mol. The van der Waals surface area contributed by atoms with E-state index < -0.39 is 11.7 Å². The molecule has 0 aliphatic carbocycles. The van der Waals surface area contributed by atoms with Crippen molar-refractivity contribution in [2.75, 3.05) is 0 Å². The summed E-state index contributed by atoms with van der Waals surface area (Å²) in [7, 11) is 0. The number of fused-ring (bicyclic) bond motifs is 3. The normalized spacial score (nSPS) is 11.4. The lowest BCUT2D eigenvalue weighted by Crippen LogP contribution is -2.08. The highest BCUT2D eigenvalue weighted by Crippen LogP contribution is 2.43. The van der Waals surface area contributed by atoms with Crippen molar-refractivity contribution in [1.29, 1.82) is 10.5 Å². The maximum Gasteiger partial charge on any atom is 0.417 e. The summed E-state index contributed by atoms with van der Waals surface area (Å²) >= 11 is 0. The van der Waals surface area contributed by atoms with Crippen molar-refractivity contribution in [3.05, 3.63) is 180 Å². The Labute approximate surface area is 325 Å². The Balaban J connectivity index is 1.33. The summed E-state index contributed by atoms with van der Waals surface area (Å²) in [6, 6.07) is 52.8. The molecule has 0 fully saturated rings. The van der Waals surface area contributed by atoms with Gasteiger partial charge in [0.15, 0.2) is 17.5 Å². The van der Waals surface area contributed by atoms with Crippen LogP contribution < -0.4 is 0 Å². The van der Waals surface area contributed by atoms with E-state index >= 15 is 0 Å². The molecular formula is C48H27F3N6. The fraction of sp³-hybridized carbons (Fsp3) is 0.0208. The van der Waals surface area contributed by atoms with Crippen molar-refractivity contribution in [3.8, 4) is 74.2 Å². The Kier molecular flexibility index (Phi) is 8.61. The zero-order chi connectivity index (χ0) is 39.1. The van der Waals surface area contributed by atoms with Gasteiger partial charge in [0.25, 0.3) is 0 Å². The number of rotatable bonds is 6. The van der Waals surface area contributed by atoms with Gasteiger partial charge in [0.2, 0.25) is 0 Å². The van der Waals surface area contributed by atoms with E-state index in [1.165, 1.54) is 12.1 Å². The molecule has 9 rings (SSSR count). The molecule has 0 atom stereocenters. The molecule has 0 unspecified atom stereocenters. The van der Waals surface area contributed by atoms with Gasteiger partial charge in [-0.2, -0.15) is 23.7 Å². The lowest BCUT2D eigenvalue weighted by Gasteiger charge is -2.18. The molecule has 0 bridgehead atoms. The molecule has 0 spiro atoms. The molecule has 2 aromatic heterocycles. The largest absolute Gasteiger partial charge is 0.417 e. The van der Waals surface area contributed by atoms with Gasteiger partial charge in [-0.05, 0) is 70.8 Å². The highest BCUT2D eigenvalue weighted by Gasteiger charge is 2.34. The van der Waals surface area contributed by atoms with Gasteiger partial charge in [-0.3, -0.25) is 0 Å². The van der Waals surface area contributed by atoms with Gasteiger partial charge in [0.1, 0.15) is 0 Å². The highest BCUT2D eigenvalue weighted by molar-refractivity contribution is 6.10. The van der Waals surface area contributed by atoms with Crippen LogP contribution in [0.2, 0.25) is 0 Å². The van der Waals surface area contributed by atoms with E-state index in [2.05, 4.69) is 12.1 Å². The van der Waals surface area contributed by atoms with Crippen LogP contribution in [0.1, 0.15) is 16.7 Å². The number of hydrogen-bond donors (Lipinski definition) is 0. The number of nitrogens with zero attached hydrogens (tertiary/aromatic N) is 6. The van der Waals surface area contributed by atoms with Gasteiger partial charge in [0, 0.05) is 33.2 Å². The number of nitriles is 2. The molecule has 0 saturated carbocycles. The number of aromatic nitrogens is 4. The van der Waals surface area contributed by atoms with Gasteiger partial charge >= 0.3 is 6.18 Å². The van der Waals surface area contributed by atoms with E-state index in [0.717, 1.165) is 44.6 Å². The van der Waals surface area contributed by atoms with E-state index in [-0.39, 0.29) is 17.0 Å². The third kappa shape index (κ3) is 6.33. The maximum absolute atomic E-state index is 14.9.